The Bertz CT molecular complexity index is 568. The van der Waals surface area contributed by atoms with Gasteiger partial charge in [0.1, 0.15) is 11.3 Å². The van der Waals surface area contributed by atoms with E-state index in [1.165, 1.54) is 13.2 Å². The van der Waals surface area contributed by atoms with Crippen molar-refractivity contribution in [1.29, 1.82) is 0 Å². The van der Waals surface area contributed by atoms with Crippen molar-refractivity contribution in [2.45, 2.75) is 0 Å². The Morgan fingerprint density at radius 2 is 2.25 bits per heavy atom. The number of nitrogens with zero attached hydrogens (tertiary/aromatic N) is 1. The minimum absolute atomic E-state index is 0.0954. The fourth-order valence-corrected chi connectivity index (χ4v) is 1.71. The van der Waals surface area contributed by atoms with Gasteiger partial charge in [0.15, 0.2) is 5.69 Å². The molecule has 0 spiro atoms. The predicted octanol–water partition coefficient (Wildman–Crippen LogP) is 2.60. The van der Waals surface area contributed by atoms with Crippen molar-refractivity contribution in [3.63, 3.8) is 0 Å². The first-order valence-corrected chi connectivity index (χ1v) is 4.88. The molecular weight excluding hydrogens is 230 g/mol. The third-order valence-electron chi connectivity index (χ3n) is 2.19. The van der Waals surface area contributed by atoms with E-state index in [1.54, 1.807) is 18.2 Å². The van der Waals surface area contributed by atoms with Gasteiger partial charge >= 0.3 is 5.97 Å². The smallest absolute Gasteiger partial charge is 0.354 e. The van der Waals surface area contributed by atoms with Crippen molar-refractivity contribution >= 4 is 28.5 Å². The Morgan fingerprint density at radius 1 is 1.50 bits per heavy atom. The van der Waals surface area contributed by atoms with Gasteiger partial charge in [-0.15, -0.1) is 0 Å². The van der Waals surface area contributed by atoms with Crippen molar-refractivity contribution in [3.05, 3.63) is 35.0 Å². The molecule has 0 aliphatic heterocycles. The lowest BCUT2D eigenvalue weighted by atomic mass is 10.2. The van der Waals surface area contributed by atoms with E-state index in [1.807, 2.05) is 0 Å². The number of halogens is 1. The molecule has 5 heteroatoms. The van der Waals surface area contributed by atoms with Gasteiger partial charge in [-0.3, -0.25) is 0 Å². The molecule has 1 N–H and O–H groups in total. The lowest BCUT2D eigenvalue weighted by molar-refractivity contribution is 0.0691. The van der Waals surface area contributed by atoms with Crippen LogP contribution in [0.15, 0.2) is 24.3 Å². The number of pyridine rings is 1. The number of carbonyl (C=O) groups is 1. The summed E-state index contributed by atoms with van der Waals surface area (Å²) in [4.78, 5) is 14.8. The molecule has 1 heterocycles. The van der Waals surface area contributed by atoms with Crippen LogP contribution in [0.5, 0.6) is 5.75 Å². The number of aromatic nitrogens is 1. The van der Waals surface area contributed by atoms with Gasteiger partial charge in [-0.2, -0.15) is 0 Å². The second-order valence-corrected chi connectivity index (χ2v) is 3.56. The first-order valence-electron chi connectivity index (χ1n) is 4.50. The van der Waals surface area contributed by atoms with Gasteiger partial charge in [0.05, 0.1) is 12.1 Å². The van der Waals surface area contributed by atoms with Gasteiger partial charge in [0, 0.05) is 5.39 Å². The van der Waals surface area contributed by atoms with E-state index >= 15 is 0 Å². The summed E-state index contributed by atoms with van der Waals surface area (Å²) in [6.07, 6.45) is 0. The van der Waals surface area contributed by atoms with Crippen LogP contribution in [0.2, 0.25) is 5.02 Å². The van der Waals surface area contributed by atoms with Crippen LogP contribution < -0.4 is 4.74 Å². The van der Waals surface area contributed by atoms with E-state index in [2.05, 4.69) is 4.98 Å². The van der Waals surface area contributed by atoms with Crippen molar-refractivity contribution in [1.82, 2.24) is 4.98 Å². The third-order valence-corrected chi connectivity index (χ3v) is 2.50. The second kappa shape index (κ2) is 3.98. The van der Waals surface area contributed by atoms with E-state index in [0.29, 0.717) is 21.7 Å². The molecule has 0 fully saturated rings. The summed E-state index contributed by atoms with van der Waals surface area (Å²) in [5.41, 5.74) is 0.358. The number of methoxy groups -OCH3 is 1. The van der Waals surface area contributed by atoms with Gasteiger partial charge < -0.3 is 9.84 Å². The number of para-hydroxylation sites is 1. The van der Waals surface area contributed by atoms with Gasteiger partial charge in [-0.25, -0.2) is 9.78 Å². The molecule has 0 amide bonds. The maximum Gasteiger partial charge on any atom is 0.354 e. The molecule has 0 atom stereocenters. The van der Waals surface area contributed by atoms with Crippen LogP contribution in [-0.2, 0) is 0 Å². The number of aromatic carboxylic acids is 1. The zero-order chi connectivity index (χ0) is 11.7. The number of hydrogen-bond acceptors (Lipinski definition) is 3. The average Bonchev–Trinajstić information content (AvgIpc) is 2.28. The maximum absolute atomic E-state index is 10.8. The molecule has 16 heavy (non-hydrogen) atoms. The molecule has 0 unspecified atom stereocenters. The Hall–Kier alpha value is -1.81. The van der Waals surface area contributed by atoms with E-state index in [0.717, 1.165) is 0 Å². The Morgan fingerprint density at radius 3 is 2.88 bits per heavy atom. The monoisotopic (exact) mass is 237 g/mol. The minimum Gasteiger partial charge on any atom is -0.494 e. The number of fused-ring (bicyclic) bond motifs is 1. The van der Waals surface area contributed by atoms with Crippen molar-refractivity contribution in [2.75, 3.05) is 7.11 Å². The fraction of sp³-hybridized carbons (Fsp3) is 0.0909. The van der Waals surface area contributed by atoms with Crippen LogP contribution in [0.1, 0.15) is 10.5 Å². The summed E-state index contributed by atoms with van der Waals surface area (Å²) in [7, 11) is 1.50. The van der Waals surface area contributed by atoms with Crippen LogP contribution in [0.3, 0.4) is 0 Å². The molecule has 0 aliphatic rings. The van der Waals surface area contributed by atoms with Crippen molar-refractivity contribution < 1.29 is 14.6 Å². The summed E-state index contributed by atoms with van der Waals surface area (Å²) in [6.45, 7) is 0. The Kier molecular flexibility index (Phi) is 2.66. The summed E-state index contributed by atoms with van der Waals surface area (Å²) in [5.74, 6) is -0.614. The molecule has 82 valence electrons. The third kappa shape index (κ3) is 1.67. The number of benzene rings is 1. The summed E-state index contributed by atoms with van der Waals surface area (Å²) >= 11 is 5.98. The largest absolute Gasteiger partial charge is 0.494 e. The zero-order valence-electron chi connectivity index (χ0n) is 8.40. The molecule has 2 rings (SSSR count). The molecule has 1 aromatic carbocycles. The number of carboxylic acid groups (broad SMARTS) is 1. The molecule has 0 radical (unpaired) electrons. The van der Waals surface area contributed by atoms with E-state index in [4.69, 9.17) is 21.4 Å². The molecule has 2 aromatic rings. The number of rotatable bonds is 2. The van der Waals surface area contributed by atoms with Crippen LogP contribution in [0.4, 0.5) is 0 Å². The second-order valence-electron chi connectivity index (χ2n) is 3.15. The van der Waals surface area contributed by atoms with Gasteiger partial charge in [-0.05, 0) is 12.1 Å². The maximum atomic E-state index is 10.8. The average molecular weight is 238 g/mol. The highest BCUT2D eigenvalue weighted by molar-refractivity contribution is 6.35. The normalized spacial score (nSPS) is 10.4. The Labute approximate surface area is 96.4 Å². The molecule has 1 aromatic heterocycles. The van der Waals surface area contributed by atoms with Crippen LogP contribution in [-0.4, -0.2) is 23.2 Å². The van der Waals surface area contributed by atoms with Crippen molar-refractivity contribution in [3.8, 4) is 5.75 Å². The fourth-order valence-electron chi connectivity index (χ4n) is 1.46. The first-order chi connectivity index (χ1) is 7.63. The molecule has 0 bridgehead atoms. The van der Waals surface area contributed by atoms with Crippen LogP contribution >= 0.6 is 11.6 Å². The zero-order valence-corrected chi connectivity index (χ0v) is 9.15. The number of carboxylic acids is 1. The highest BCUT2D eigenvalue weighted by Crippen LogP contribution is 2.29. The Balaban J connectivity index is 2.82. The topological polar surface area (TPSA) is 59.4 Å². The van der Waals surface area contributed by atoms with E-state index < -0.39 is 5.97 Å². The van der Waals surface area contributed by atoms with Gasteiger partial charge in [-0.1, -0.05) is 23.7 Å². The summed E-state index contributed by atoms with van der Waals surface area (Å²) in [6, 6.07) is 6.57. The molecule has 0 saturated heterocycles. The highest BCUT2D eigenvalue weighted by atomic mass is 35.5. The van der Waals surface area contributed by atoms with E-state index in [-0.39, 0.29) is 5.69 Å². The molecule has 0 aliphatic carbocycles. The quantitative estimate of drug-likeness (QED) is 0.872. The van der Waals surface area contributed by atoms with Crippen LogP contribution in [0.25, 0.3) is 10.9 Å². The van der Waals surface area contributed by atoms with Crippen LogP contribution in [0, 0.1) is 0 Å². The lowest BCUT2D eigenvalue weighted by Gasteiger charge is -2.06. The highest BCUT2D eigenvalue weighted by Gasteiger charge is 2.12. The SMILES string of the molecule is COc1cccc2c(Cl)cc(C(=O)O)nc12. The lowest BCUT2D eigenvalue weighted by Crippen LogP contribution is -2.01. The molecule has 0 saturated carbocycles. The summed E-state index contributed by atoms with van der Waals surface area (Å²) in [5, 5.41) is 9.89. The first kappa shape index (κ1) is 10.7. The molecular formula is C11H8ClNO3. The van der Waals surface area contributed by atoms with Gasteiger partial charge in [0.2, 0.25) is 0 Å². The number of ether oxygens (including phenoxy) is 1. The van der Waals surface area contributed by atoms with Crippen molar-refractivity contribution in [2.24, 2.45) is 0 Å². The number of hydrogen-bond donors (Lipinski definition) is 1. The summed E-state index contributed by atoms with van der Waals surface area (Å²) < 4.78 is 5.10. The predicted molar refractivity (Wildman–Crippen MR) is 60.3 cm³/mol. The molecule has 4 nitrogen and oxygen atoms in total. The minimum atomic E-state index is -1.12. The van der Waals surface area contributed by atoms with Gasteiger partial charge in [0.25, 0.3) is 0 Å². The van der Waals surface area contributed by atoms with E-state index in [9.17, 15) is 4.79 Å². The standard InChI is InChI=1S/C11H8ClNO3/c1-16-9-4-2-3-6-7(12)5-8(11(14)15)13-10(6)9/h2-5H,1H3,(H,14,15).